The molecule has 1 aromatic carbocycles. The van der Waals surface area contributed by atoms with Gasteiger partial charge in [0.25, 0.3) is 0 Å². The molecule has 4 rings (SSSR count). The maximum Gasteiger partial charge on any atom is 0.133 e. The average Bonchev–Trinajstić information content (AvgIpc) is 3.06. The van der Waals surface area contributed by atoms with Crippen LogP contribution in [0.2, 0.25) is 0 Å². The first-order valence-corrected chi connectivity index (χ1v) is 16.6. The van der Waals surface area contributed by atoms with Gasteiger partial charge in [-0.25, -0.2) is 0 Å². The van der Waals surface area contributed by atoms with Crippen molar-refractivity contribution >= 4 is 13.1 Å². The first-order chi connectivity index (χ1) is 17.6. The van der Waals surface area contributed by atoms with Gasteiger partial charge in [-0.1, -0.05) is 101 Å². The van der Waals surface area contributed by atoms with E-state index in [2.05, 4.69) is 81.5 Å². The van der Waals surface area contributed by atoms with Crippen molar-refractivity contribution in [2.24, 2.45) is 16.6 Å². The molecule has 3 heteroatoms. The van der Waals surface area contributed by atoms with Crippen LogP contribution in [0.4, 0.5) is 0 Å². The Balaban J connectivity index is 1.80. The van der Waals surface area contributed by atoms with Crippen LogP contribution < -0.4 is 0 Å². The quantitative estimate of drug-likeness (QED) is 0.300. The summed E-state index contributed by atoms with van der Waals surface area (Å²) in [5.74, 6) is 0.622. The van der Waals surface area contributed by atoms with Crippen molar-refractivity contribution in [3.8, 4) is 0 Å². The molecule has 0 aromatic heterocycles. The number of hydrogen-bond donors (Lipinski definition) is 1. The minimum absolute atomic E-state index is 0.0493. The number of fused-ring (bicyclic) bond motifs is 3. The third-order valence-electron chi connectivity index (χ3n) is 7.95. The monoisotopic (exact) mass is 502 g/mol. The van der Waals surface area contributed by atoms with Crippen molar-refractivity contribution < 1.29 is 5.11 Å². The van der Waals surface area contributed by atoms with Crippen LogP contribution in [-0.4, -0.2) is 29.3 Å². The molecule has 0 saturated heterocycles. The minimum atomic E-state index is -1.47. The van der Waals surface area contributed by atoms with Crippen LogP contribution in [0.3, 0.4) is 0 Å². The van der Waals surface area contributed by atoms with E-state index in [0.29, 0.717) is 5.76 Å². The van der Waals surface area contributed by atoms with Crippen molar-refractivity contribution in [3.63, 3.8) is 0 Å². The van der Waals surface area contributed by atoms with Crippen LogP contribution in [0.5, 0.6) is 0 Å². The van der Waals surface area contributed by atoms with E-state index in [0.717, 1.165) is 12.8 Å². The normalized spacial score (nSPS) is 24.8. The van der Waals surface area contributed by atoms with Crippen molar-refractivity contribution in [2.75, 3.05) is 18.5 Å². The molecule has 0 saturated carbocycles. The van der Waals surface area contributed by atoms with Crippen LogP contribution in [-0.2, 0) is 6.42 Å². The Morgan fingerprint density at radius 3 is 2.19 bits per heavy atom. The number of hydrogen-bond acceptors (Lipinski definition) is 2. The Labute approximate surface area is 220 Å². The molecule has 3 aliphatic rings. The van der Waals surface area contributed by atoms with Gasteiger partial charge in [0.1, 0.15) is 13.2 Å². The molecule has 0 radical (unpaired) electrons. The third-order valence-corrected chi connectivity index (χ3v) is 12.0. The van der Waals surface area contributed by atoms with E-state index in [9.17, 15) is 5.11 Å². The summed E-state index contributed by atoms with van der Waals surface area (Å²) in [7, 11) is -1.47. The lowest BCUT2D eigenvalue weighted by Crippen LogP contribution is -2.24. The molecule has 2 nitrogen and oxygen atoms in total. The second-order valence-corrected chi connectivity index (χ2v) is 14.5. The molecule has 192 valence electrons. The smallest absolute Gasteiger partial charge is 0.133 e. The number of benzene rings is 1. The van der Waals surface area contributed by atoms with E-state index >= 15 is 0 Å². The molecule has 2 bridgehead atoms. The first-order valence-electron chi connectivity index (χ1n) is 14.3. The van der Waals surface area contributed by atoms with E-state index in [1.54, 1.807) is 0 Å². The fourth-order valence-electron chi connectivity index (χ4n) is 5.86. The number of allylic oxidation sites excluding steroid dienone is 9. The second kappa shape index (κ2) is 12.9. The fourth-order valence-corrected chi connectivity index (χ4v) is 10.3. The molecule has 2 unspecified atom stereocenters. The number of aliphatic hydroxyl groups excluding tert-OH is 1. The predicted molar refractivity (Wildman–Crippen MR) is 160 cm³/mol. The van der Waals surface area contributed by atoms with Crippen molar-refractivity contribution in [1.82, 2.24) is 0 Å². The van der Waals surface area contributed by atoms with Crippen LogP contribution in [0.25, 0.3) is 0 Å². The molecule has 1 N–H and O–H groups in total. The Morgan fingerprint density at radius 2 is 1.53 bits per heavy atom. The topological polar surface area (TPSA) is 32.6 Å². The zero-order valence-electron chi connectivity index (χ0n) is 22.6. The van der Waals surface area contributed by atoms with Gasteiger partial charge in [0.05, 0.1) is 24.2 Å². The molecule has 0 aliphatic heterocycles. The maximum atomic E-state index is 11.4. The number of rotatable bonds is 11. The summed E-state index contributed by atoms with van der Waals surface area (Å²) in [5.41, 5.74) is 6.47. The molecule has 0 heterocycles. The van der Waals surface area contributed by atoms with Gasteiger partial charge >= 0.3 is 0 Å². The Bertz CT molecular complexity index is 1060. The molecular weight excluding hydrogens is 457 g/mol. The first kappa shape index (κ1) is 26.9. The molecule has 3 aliphatic carbocycles. The van der Waals surface area contributed by atoms with Gasteiger partial charge in [0.15, 0.2) is 0 Å². The second-order valence-electron chi connectivity index (χ2n) is 10.8. The summed E-state index contributed by atoms with van der Waals surface area (Å²) in [4.78, 5) is 0. The van der Waals surface area contributed by atoms with Gasteiger partial charge in [-0.2, -0.15) is 0 Å². The lowest BCUT2D eigenvalue weighted by Gasteiger charge is -2.27. The van der Waals surface area contributed by atoms with Gasteiger partial charge in [-0.3, -0.25) is 0 Å². The Hall–Kier alpha value is -2.18. The molecule has 1 aromatic rings. The van der Waals surface area contributed by atoms with E-state index in [4.69, 9.17) is 4.76 Å². The SMILES string of the molecule is CCCC[P+](CCCC)(CCCC)/N=C1\c2ccccc2CC1C1/C=C\C2=CC=CC=C(/C=C\1O)C2. The Morgan fingerprint density at radius 1 is 0.889 bits per heavy atom. The summed E-state index contributed by atoms with van der Waals surface area (Å²) in [6.07, 6.45) is 28.2. The summed E-state index contributed by atoms with van der Waals surface area (Å²) in [6.45, 7) is 6.94. The highest BCUT2D eigenvalue weighted by molar-refractivity contribution is 7.74. The van der Waals surface area contributed by atoms with Gasteiger partial charge in [-0.15, -0.1) is 4.76 Å². The number of nitrogens with zero attached hydrogens (tertiary/aromatic N) is 1. The van der Waals surface area contributed by atoms with Gasteiger partial charge in [0, 0.05) is 17.4 Å². The zero-order chi connectivity index (χ0) is 25.4. The van der Waals surface area contributed by atoms with Gasteiger partial charge in [-0.05, 0) is 54.9 Å². The van der Waals surface area contributed by atoms with Gasteiger partial charge in [0.2, 0.25) is 0 Å². The summed E-state index contributed by atoms with van der Waals surface area (Å²) >= 11 is 0. The molecule has 0 spiro atoms. The average molecular weight is 503 g/mol. The van der Waals surface area contributed by atoms with E-state index in [-0.39, 0.29) is 11.8 Å². The van der Waals surface area contributed by atoms with Crippen LogP contribution >= 0.6 is 7.41 Å². The van der Waals surface area contributed by atoms with Gasteiger partial charge < -0.3 is 5.11 Å². The Kier molecular flexibility index (Phi) is 9.60. The van der Waals surface area contributed by atoms with E-state index in [1.165, 1.54) is 85.0 Å². The van der Waals surface area contributed by atoms with E-state index < -0.39 is 7.41 Å². The van der Waals surface area contributed by atoms with E-state index in [1.807, 2.05) is 6.08 Å². The van der Waals surface area contributed by atoms with Crippen molar-refractivity contribution in [2.45, 2.75) is 72.1 Å². The van der Waals surface area contributed by atoms with Crippen LogP contribution in [0.15, 0.2) is 88.5 Å². The highest BCUT2D eigenvalue weighted by Gasteiger charge is 2.42. The van der Waals surface area contributed by atoms with Crippen molar-refractivity contribution in [1.29, 1.82) is 0 Å². The molecule has 0 fully saturated rings. The highest BCUT2D eigenvalue weighted by atomic mass is 31.2. The minimum Gasteiger partial charge on any atom is -0.512 e. The molecule has 36 heavy (non-hydrogen) atoms. The summed E-state index contributed by atoms with van der Waals surface area (Å²) in [6, 6.07) is 8.88. The predicted octanol–water partition coefficient (Wildman–Crippen LogP) is 9.42. The van der Waals surface area contributed by atoms with Crippen molar-refractivity contribution in [3.05, 3.63) is 94.8 Å². The maximum absolute atomic E-state index is 11.4. The lowest BCUT2D eigenvalue weighted by molar-refractivity contribution is 0.329. The zero-order valence-corrected chi connectivity index (χ0v) is 23.5. The number of unbranched alkanes of at least 4 members (excludes halogenated alkanes) is 3. The molecule has 2 atom stereocenters. The number of aliphatic hydroxyl groups is 1. The lowest BCUT2D eigenvalue weighted by atomic mass is 9.83. The fraction of sp³-hybridized carbons (Fsp3) is 0.485. The molecule has 0 amide bonds. The standard InChI is InChI=1S/C33H44NOP/c1-4-7-20-36(21-8-5-2,22-9-6-3)34-33-29-17-13-12-16-28(29)25-31(33)30-19-18-26-14-10-11-15-27(23-26)24-32(30)35/h10-19,24,30-31H,4-9,20-23,25H2,1-3H3/p+1/b19-18-,32-24+,34-33+. The van der Waals surface area contributed by atoms with Crippen LogP contribution in [0, 0.1) is 11.8 Å². The summed E-state index contributed by atoms with van der Waals surface area (Å²) in [5, 5.41) is 11.4. The highest BCUT2D eigenvalue weighted by Crippen LogP contribution is 2.63. The van der Waals surface area contributed by atoms with Crippen LogP contribution in [0.1, 0.15) is 76.8 Å². The molecular formula is C33H45NOP+. The third kappa shape index (κ3) is 6.38. The summed E-state index contributed by atoms with van der Waals surface area (Å²) < 4.78 is 5.91. The largest absolute Gasteiger partial charge is 0.512 e.